The molecule has 0 bridgehead atoms. The Morgan fingerprint density at radius 2 is 1.32 bits per heavy atom. The Bertz CT molecular complexity index is 2800. The molecular formula is C45H30N4S. The Labute approximate surface area is 293 Å². The maximum absolute atomic E-state index is 6.94. The summed E-state index contributed by atoms with van der Waals surface area (Å²) >= 11 is 1.70. The fourth-order valence-corrected chi connectivity index (χ4v) is 8.70. The largest absolute Gasteiger partial charge is 0.397 e. The van der Waals surface area contributed by atoms with Crippen LogP contribution in [0.3, 0.4) is 0 Å². The van der Waals surface area contributed by atoms with Gasteiger partial charge in [0.15, 0.2) is 0 Å². The molecule has 1 aliphatic heterocycles. The predicted octanol–water partition coefficient (Wildman–Crippen LogP) is 11.6. The summed E-state index contributed by atoms with van der Waals surface area (Å²) in [5, 5.41) is 7.10. The van der Waals surface area contributed by atoms with Crippen molar-refractivity contribution in [3.8, 4) is 22.3 Å². The number of thiophene rings is 1. The van der Waals surface area contributed by atoms with Gasteiger partial charge in [0, 0.05) is 43.7 Å². The van der Waals surface area contributed by atoms with E-state index >= 15 is 0 Å². The van der Waals surface area contributed by atoms with Crippen molar-refractivity contribution in [3.63, 3.8) is 0 Å². The number of aliphatic imine (C=N–C) groups is 1. The maximum atomic E-state index is 6.94. The quantitative estimate of drug-likeness (QED) is 0.187. The fourth-order valence-electron chi connectivity index (χ4n) is 7.54. The Kier molecular flexibility index (Phi) is 6.54. The van der Waals surface area contributed by atoms with Crippen molar-refractivity contribution >= 4 is 76.6 Å². The molecule has 0 saturated heterocycles. The van der Waals surface area contributed by atoms with Gasteiger partial charge in [0.2, 0.25) is 0 Å². The molecule has 0 radical (unpaired) electrons. The molecule has 7 aromatic carbocycles. The molecule has 9 aromatic rings. The zero-order chi connectivity index (χ0) is 33.2. The first-order valence-electron chi connectivity index (χ1n) is 16.8. The molecule has 0 fully saturated rings. The minimum atomic E-state index is 0.427. The molecule has 10 rings (SSSR count). The van der Waals surface area contributed by atoms with Crippen LogP contribution in [0.5, 0.6) is 0 Å². The summed E-state index contributed by atoms with van der Waals surface area (Å²) in [6.45, 7) is 0.427. The van der Waals surface area contributed by atoms with E-state index in [1.165, 1.54) is 32.7 Å². The van der Waals surface area contributed by atoms with Crippen molar-refractivity contribution in [2.24, 2.45) is 4.99 Å². The van der Waals surface area contributed by atoms with Gasteiger partial charge >= 0.3 is 0 Å². The highest BCUT2D eigenvalue weighted by atomic mass is 32.1. The zero-order valence-corrected chi connectivity index (χ0v) is 27.9. The number of nitrogens with zero attached hydrogens (tertiary/aromatic N) is 3. The second-order valence-electron chi connectivity index (χ2n) is 12.8. The predicted molar refractivity (Wildman–Crippen MR) is 213 cm³/mol. The highest BCUT2D eigenvalue weighted by Crippen LogP contribution is 2.49. The molecule has 0 amide bonds. The van der Waals surface area contributed by atoms with Crippen molar-refractivity contribution in [3.05, 3.63) is 168 Å². The zero-order valence-electron chi connectivity index (χ0n) is 27.0. The molecule has 5 heteroatoms. The van der Waals surface area contributed by atoms with E-state index in [-0.39, 0.29) is 0 Å². The van der Waals surface area contributed by atoms with Gasteiger partial charge in [-0.2, -0.15) is 0 Å². The first-order valence-corrected chi connectivity index (χ1v) is 17.6. The number of nitrogen functional groups attached to an aromatic ring is 1. The summed E-state index contributed by atoms with van der Waals surface area (Å²) < 4.78 is 1.15. The maximum Gasteiger partial charge on any atom is 0.115 e. The Balaban J connectivity index is 1.15. The molecule has 0 saturated carbocycles. The summed E-state index contributed by atoms with van der Waals surface area (Å²) in [5.74, 6) is 0. The molecule has 2 aromatic heterocycles. The lowest BCUT2D eigenvalue weighted by Gasteiger charge is -2.33. The normalized spacial score (nSPS) is 12.6. The van der Waals surface area contributed by atoms with Crippen molar-refractivity contribution < 1.29 is 0 Å². The number of para-hydroxylation sites is 1. The van der Waals surface area contributed by atoms with E-state index in [0.717, 1.165) is 65.3 Å². The summed E-state index contributed by atoms with van der Waals surface area (Å²) in [7, 11) is 0. The molecule has 1 aliphatic rings. The molecule has 3 heterocycles. The summed E-state index contributed by atoms with van der Waals surface area (Å²) in [6, 6.07) is 53.9. The second kappa shape index (κ2) is 11.4. The van der Waals surface area contributed by atoms with Gasteiger partial charge in [-0.3, -0.25) is 9.98 Å². The summed E-state index contributed by atoms with van der Waals surface area (Å²) in [4.78, 5) is 13.6. The average molecular weight is 659 g/mol. The van der Waals surface area contributed by atoms with Crippen LogP contribution in [0.15, 0.2) is 163 Å². The number of anilines is 3. The lowest BCUT2D eigenvalue weighted by Crippen LogP contribution is -2.22. The van der Waals surface area contributed by atoms with E-state index in [0.29, 0.717) is 6.67 Å². The standard InChI is InChI=1S/C45H30N4S/c46-42-36-15-3-4-19-40(36)50-45(42)44(31-22-20-28(21-23-31)34-16-6-13-30-14-8-24-47-43(30)34)48-27-49-38-18-7-12-29-11-5-17-35(41(29)38)37-25-32-9-1-2-10-33(32)26-39(37)49/h1-26H,27,46H2/b48-44-. The van der Waals surface area contributed by atoms with E-state index in [1.807, 2.05) is 18.3 Å². The van der Waals surface area contributed by atoms with Crippen LogP contribution >= 0.6 is 11.3 Å². The van der Waals surface area contributed by atoms with E-state index in [1.54, 1.807) is 11.3 Å². The molecule has 50 heavy (non-hydrogen) atoms. The van der Waals surface area contributed by atoms with Crippen LogP contribution in [-0.2, 0) is 0 Å². The van der Waals surface area contributed by atoms with Crippen molar-refractivity contribution in [1.82, 2.24) is 4.98 Å². The van der Waals surface area contributed by atoms with E-state index in [2.05, 4.69) is 144 Å². The Hall–Kier alpha value is -6.30. The number of aromatic nitrogens is 1. The van der Waals surface area contributed by atoms with E-state index < -0.39 is 0 Å². The van der Waals surface area contributed by atoms with Crippen LogP contribution in [0.25, 0.3) is 64.8 Å². The van der Waals surface area contributed by atoms with Gasteiger partial charge in [0.25, 0.3) is 0 Å². The Morgan fingerprint density at radius 1 is 0.620 bits per heavy atom. The van der Waals surface area contributed by atoms with E-state index in [9.17, 15) is 0 Å². The molecule has 0 atom stereocenters. The topological polar surface area (TPSA) is 54.5 Å². The molecule has 2 N–H and O–H groups in total. The third-order valence-electron chi connectivity index (χ3n) is 9.94. The van der Waals surface area contributed by atoms with Crippen molar-refractivity contribution in [1.29, 1.82) is 0 Å². The van der Waals surface area contributed by atoms with Crippen LogP contribution in [-0.4, -0.2) is 17.4 Å². The van der Waals surface area contributed by atoms with Gasteiger partial charge < -0.3 is 10.6 Å². The molecule has 4 nitrogen and oxygen atoms in total. The number of rotatable bonds is 5. The highest BCUT2D eigenvalue weighted by molar-refractivity contribution is 7.21. The number of hydrogen-bond donors (Lipinski definition) is 1. The second-order valence-corrected chi connectivity index (χ2v) is 13.8. The van der Waals surface area contributed by atoms with Crippen LogP contribution in [0.4, 0.5) is 17.1 Å². The molecule has 0 spiro atoms. The van der Waals surface area contributed by atoms with Crippen LogP contribution in [0, 0.1) is 0 Å². The molecule has 0 aliphatic carbocycles. The molecular weight excluding hydrogens is 629 g/mol. The fraction of sp³-hybridized carbons (Fsp3) is 0.0222. The lowest BCUT2D eigenvalue weighted by molar-refractivity contribution is 0.986. The SMILES string of the molecule is Nc1c(/C(=N\CN2c3cc4ccccc4cc3-c3cccc4cccc2c34)c2ccc(-c3cccc4cccnc34)cc2)sc2ccccc12. The molecule has 236 valence electrons. The van der Waals surface area contributed by atoms with Crippen LogP contribution < -0.4 is 10.6 Å². The van der Waals surface area contributed by atoms with Gasteiger partial charge in [-0.05, 0) is 57.6 Å². The monoisotopic (exact) mass is 658 g/mol. The van der Waals surface area contributed by atoms with Gasteiger partial charge in [0.05, 0.1) is 33.2 Å². The van der Waals surface area contributed by atoms with E-state index in [4.69, 9.17) is 15.7 Å². The summed E-state index contributed by atoms with van der Waals surface area (Å²) in [5.41, 5.74) is 17.6. The first kappa shape index (κ1) is 28.7. The van der Waals surface area contributed by atoms with Gasteiger partial charge in [-0.15, -0.1) is 11.3 Å². The van der Waals surface area contributed by atoms with Gasteiger partial charge in [0.1, 0.15) is 6.67 Å². The minimum Gasteiger partial charge on any atom is -0.397 e. The minimum absolute atomic E-state index is 0.427. The Morgan fingerprint density at radius 3 is 2.16 bits per heavy atom. The van der Waals surface area contributed by atoms with Crippen molar-refractivity contribution in [2.45, 2.75) is 0 Å². The number of fused-ring (bicyclic) bond motifs is 5. The van der Waals surface area contributed by atoms with Gasteiger partial charge in [-0.25, -0.2) is 0 Å². The third-order valence-corrected chi connectivity index (χ3v) is 11.1. The number of pyridine rings is 1. The third kappa shape index (κ3) is 4.51. The molecule has 0 unspecified atom stereocenters. The smallest absolute Gasteiger partial charge is 0.115 e. The first-order chi connectivity index (χ1) is 24.7. The van der Waals surface area contributed by atoms with Crippen LogP contribution in [0.1, 0.15) is 10.4 Å². The van der Waals surface area contributed by atoms with Crippen LogP contribution in [0.2, 0.25) is 0 Å². The highest BCUT2D eigenvalue weighted by Gasteiger charge is 2.26. The number of nitrogens with two attached hydrogens (primary N) is 1. The number of benzene rings is 7. The lowest BCUT2D eigenvalue weighted by atomic mass is 9.90. The average Bonchev–Trinajstić information content (AvgIpc) is 3.51. The number of hydrogen-bond acceptors (Lipinski definition) is 5. The van der Waals surface area contributed by atoms with Crippen molar-refractivity contribution in [2.75, 3.05) is 17.3 Å². The summed E-state index contributed by atoms with van der Waals surface area (Å²) in [6.07, 6.45) is 1.86. The van der Waals surface area contributed by atoms with Gasteiger partial charge in [-0.1, -0.05) is 121 Å².